The number of amides is 5. The Hall–Kier alpha value is -6.20. The smallest absolute Gasteiger partial charge is 0.408 e. The second-order valence-electron chi connectivity index (χ2n) is 18.4. The van der Waals surface area contributed by atoms with Gasteiger partial charge in [-0.25, -0.2) is 4.79 Å². The number of alkyl carbamates (subject to hydrolysis) is 1. The highest BCUT2D eigenvalue weighted by molar-refractivity contribution is 6.31. The molecule has 1 saturated heterocycles. The van der Waals surface area contributed by atoms with Crippen molar-refractivity contribution in [1.82, 2.24) is 21.3 Å². The number of phenols is 2. The molecule has 22 heteroatoms. The molecule has 67 heavy (non-hydrogen) atoms. The third kappa shape index (κ3) is 11.3. The Balaban J connectivity index is 1.41. The number of phenolic OH excluding ortho intramolecular Hbond substituents is 2. The summed E-state index contributed by atoms with van der Waals surface area (Å²) in [5.41, 5.74) is -0.0396. The van der Waals surface area contributed by atoms with E-state index in [-0.39, 0.29) is 46.8 Å². The van der Waals surface area contributed by atoms with Gasteiger partial charge in [-0.3, -0.25) is 33.6 Å². The first-order valence-corrected chi connectivity index (χ1v) is 21.6. The highest BCUT2D eigenvalue weighted by Crippen LogP contribution is 2.52. The van der Waals surface area contributed by atoms with E-state index in [9.17, 15) is 63.9 Å². The zero-order chi connectivity index (χ0) is 50.0. The van der Waals surface area contributed by atoms with Crippen LogP contribution in [0.4, 0.5) is 4.79 Å². The summed E-state index contributed by atoms with van der Waals surface area (Å²) >= 11 is 0. The van der Waals surface area contributed by atoms with Gasteiger partial charge in [-0.2, -0.15) is 0 Å². The summed E-state index contributed by atoms with van der Waals surface area (Å²) in [6.07, 6.45) is -8.84. The third-order valence-corrected chi connectivity index (χ3v) is 11.6. The van der Waals surface area contributed by atoms with Crippen LogP contribution >= 0.6 is 0 Å². The number of rotatable bonds is 16. The number of nitrogens with one attached hydrogen (secondary N) is 4. The topological polar surface area (TPSA) is 349 Å². The Labute approximate surface area is 385 Å². The predicted octanol–water partition coefficient (Wildman–Crippen LogP) is -0.0369. The molecule has 3 unspecified atom stereocenters. The molecular weight excluding hydrogens is 883 g/mol. The summed E-state index contributed by atoms with van der Waals surface area (Å²) in [4.78, 5) is 106. The van der Waals surface area contributed by atoms with Crippen molar-refractivity contribution in [2.75, 3.05) is 13.7 Å². The van der Waals surface area contributed by atoms with Crippen LogP contribution in [0.2, 0.25) is 0 Å². The molecule has 0 radical (unpaired) electrons. The standard InChI is InChI=1S/C45H59N5O17/c1-18(2)12-24(50-42(61)25(13-29(46)53)49-40(59)19(3)47-43(62)67-44(5,6)7)41(60)48-23-14-30(65-20(4)35(23)54)66-27-16-45(63,28(52)17-51)15-22-32(27)39(58)34-33(37(22)56)36(55)21-10-9-11-26(64-8)31(21)38(34)57/h9-11,18-20,23-25,27,30,35,51,54,56,58,63H,12-17H2,1-8H3,(H2,46,53)(H,47,62)(H,48,60)(H,49,59)(H,50,61)/t19?,20-,23-,24?,25?,27-,30-,35+,45-/m0/s1. The Bertz CT molecular complexity index is 2330. The lowest BCUT2D eigenvalue weighted by atomic mass is 9.72. The van der Waals surface area contributed by atoms with Crippen molar-refractivity contribution in [2.45, 2.75) is 141 Å². The minimum absolute atomic E-state index is 0.0110. The molecule has 11 N–H and O–H groups in total. The average molecular weight is 942 g/mol. The number of fused-ring (bicyclic) bond motifs is 3. The fourth-order valence-corrected chi connectivity index (χ4v) is 8.37. The molecule has 3 aliphatic rings. The summed E-state index contributed by atoms with van der Waals surface area (Å²) in [6, 6.07) is -1.15. The normalized spacial score (nSPS) is 23.6. The maximum absolute atomic E-state index is 14.1. The molecule has 2 aliphatic carbocycles. The first-order chi connectivity index (χ1) is 31.2. The van der Waals surface area contributed by atoms with Crippen molar-refractivity contribution in [2.24, 2.45) is 11.7 Å². The molecule has 0 saturated carbocycles. The van der Waals surface area contributed by atoms with Crippen LogP contribution < -0.4 is 31.7 Å². The second-order valence-corrected chi connectivity index (χ2v) is 18.4. The summed E-state index contributed by atoms with van der Waals surface area (Å²) in [7, 11) is 1.27. The van der Waals surface area contributed by atoms with Crippen LogP contribution in [0.5, 0.6) is 17.2 Å². The number of benzene rings is 2. The van der Waals surface area contributed by atoms with Gasteiger partial charge in [-0.1, -0.05) is 26.0 Å². The number of aliphatic hydroxyl groups is 3. The van der Waals surface area contributed by atoms with Gasteiger partial charge in [0.15, 0.2) is 17.9 Å². The van der Waals surface area contributed by atoms with Crippen LogP contribution in [0.1, 0.15) is 123 Å². The van der Waals surface area contributed by atoms with Crippen molar-refractivity contribution in [3.05, 3.63) is 51.6 Å². The van der Waals surface area contributed by atoms with Crippen molar-refractivity contribution in [1.29, 1.82) is 0 Å². The van der Waals surface area contributed by atoms with Crippen molar-refractivity contribution >= 4 is 47.1 Å². The summed E-state index contributed by atoms with van der Waals surface area (Å²) in [6.45, 7) is 9.96. The lowest BCUT2D eigenvalue weighted by Crippen LogP contribution is -2.60. The Morgan fingerprint density at radius 2 is 1.57 bits per heavy atom. The number of ketones is 3. The van der Waals surface area contributed by atoms with E-state index in [1.165, 1.54) is 39.2 Å². The second kappa shape index (κ2) is 20.3. The number of aliphatic hydroxyl groups excluding tert-OH is 2. The number of nitrogens with two attached hydrogens (primary N) is 1. The summed E-state index contributed by atoms with van der Waals surface area (Å²) in [5, 5.41) is 66.3. The number of carbonyl (C=O) groups excluding carboxylic acids is 8. The number of Topliss-reactive ketones (excluding diaryl/α,β-unsaturated/α-hetero) is 1. The third-order valence-electron chi connectivity index (χ3n) is 11.6. The van der Waals surface area contributed by atoms with Gasteiger partial charge in [0, 0.05) is 36.0 Å². The minimum Gasteiger partial charge on any atom is -0.507 e. The monoisotopic (exact) mass is 941 g/mol. The van der Waals surface area contributed by atoms with Crippen LogP contribution in [-0.2, 0) is 44.6 Å². The van der Waals surface area contributed by atoms with E-state index < -0.39 is 156 Å². The SMILES string of the molecule is COc1cccc2c1C(=O)c1c(O)c3c(c(O)c1C2=O)C[C@@](O)(C(=O)CO)C[C@@H]3O[C@H]1C[C@H](NC(=O)C(CC(C)C)NC(=O)C(CC(N)=O)NC(=O)C(C)NC(=O)OC(C)(C)C)[C@H](O)[C@H](C)O1. The molecule has 0 bridgehead atoms. The van der Waals surface area contributed by atoms with Gasteiger partial charge >= 0.3 is 6.09 Å². The average Bonchev–Trinajstić information content (AvgIpc) is 3.23. The van der Waals surface area contributed by atoms with Crippen LogP contribution in [0.3, 0.4) is 0 Å². The molecule has 9 atom stereocenters. The lowest BCUT2D eigenvalue weighted by Gasteiger charge is -2.43. The fourth-order valence-electron chi connectivity index (χ4n) is 8.37. The zero-order valence-corrected chi connectivity index (χ0v) is 38.4. The Morgan fingerprint density at radius 3 is 2.16 bits per heavy atom. The van der Waals surface area contributed by atoms with Crippen molar-refractivity contribution < 1.29 is 82.8 Å². The number of hydrogen-bond donors (Lipinski definition) is 10. The number of primary amides is 1. The Morgan fingerprint density at radius 1 is 0.925 bits per heavy atom. The van der Waals surface area contributed by atoms with E-state index in [1.807, 2.05) is 0 Å². The largest absolute Gasteiger partial charge is 0.507 e. The van der Waals surface area contributed by atoms with Gasteiger partial charge in [-0.05, 0) is 53.0 Å². The fraction of sp³-hybridized carbons (Fsp3) is 0.556. The van der Waals surface area contributed by atoms with E-state index in [1.54, 1.807) is 34.6 Å². The van der Waals surface area contributed by atoms with Gasteiger partial charge in [0.05, 0.1) is 48.5 Å². The number of carbonyl (C=O) groups is 8. The first kappa shape index (κ1) is 51.8. The van der Waals surface area contributed by atoms with E-state index in [4.69, 9.17) is 24.7 Å². The molecule has 366 valence electrons. The highest BCUT2D eigenvalue weighted by Gasteiger charge is 2.50. The maximum Gasteiger partial charge on any atom is 0.408 e. The summed E-state index contributed by atoms with van der Waals surface area (Å²) < 4.78 is 22.7. The van der Waals surface area contributed by atoms with Crippen molar-refractivity contribution in [3.63, 3.8) is 0 Å². The lowest BCUT2D eigenvalue weighted by molar-refractivity contribution is -0.249. The maximum atomic E-state index is 14.1. The quantitative estimate of drug-likeness (QED) is 0.0843. The molecule has 0 spiro atoms. The van der Waals surface area contributed by atoms with Crippen LogP contribution in [0.15, 0.2) is 18.2 Å². The Kier molecular flexibility index (Phi) is 15.7. The van der Waals surface area contributed by atoms with E-state index in [0.29, 0.717) is 0 Å². The van der Waals surface area contributed by atoms with Gasteiger partial charge in [0.1, 0.15) is 59.3 Å². The molecule has 0 aromatic heterocycles. The van der Waals surface area contributed by atoms with Gasteiger partial charge < -0.3 is 71.5 Å². The molecule has 2 aromatic rings. The van der Waals surface area contributed by atoms with E-state index >= 15 is 0 Å². The number of aromatic hydroxyl groups is 2. The van der Waals surface area contributed by atoms with Crippen LogP contribution in [0, 0.1) is 5.92 Å². The van der Waals surface area contributed by atoms with Crippen molar-refractivity contribution in [3.8, 4) is 17.2 Å². The predicted molar refractivity (Wildman–Crippen MR) is 232 cm³/mol. The van der Waals surface area contributed by atoms with E-state index in [0.717, 1.165) is 0 Å². The zero-order valence-electron chi connectivity index (χ0n) is 38.4. The molecule has 22 nitrogen and oxygen atoms in total. The number of methoxy groups -OCH3 is 1. The van der Waals surface area contributed by atoms with Gasteiger partial charge in [0.2, 0.25) is 29.4 Å². The number of hydrogen-bond acceptors (Lipinski definition) is 17. The van der Waals surface area contributed by atoms with Gasteiger partial charge in [0.25, 0.3) is 0 Å². The highest BCUT2D eigenvalue weighted by atomic mass is 16.7. The van der Waals surface area contributed by atoms with E-state index in [2.05, 4.69) is 21.3 Å². The molecule has 2 aromatic carbocycles. The minimum atomic E-state index is -2.44. The first-order valence-electron chi connectivity index (χ1n) is 21.6. The van der Waals surface area contributed by atoms with Crippen LogP contribution in [-0.4, -0.2) is 140 Å². The number of ether oxygens (including phenoxy) is 4. The molecule has 5 amide bonds. The van der Waals surface area contributed by atoms with Crippen LogP contribution in [0.25, 0.3) is 0 Å². The summed E-state index contributed by atoms with van der Waals surface area (Å²) in [5.74, 6) is -8.34. The molecule has 1 heterocycles. The molecule has 1 aliphatic heterocycles. The molecule has 1 fully saturated rings. The molecular formula is C45H59N5O17. The van der Waals surface area contributed by atoms with Gasteiger partial charge in [-0.15, -0.1) is 0 Å². The molecule has 5 rings (SSSR count).